The summed E-state index contributed by atoms with van der Waals surface area (Å²) >= 11 is 0. The zero-order valence-electron chi connectivity index (χ0n) is 53.8. The number of aromatic nitrogens is 2. The average Bonchev–Trinajstić information content (AvgIpc) is 1.53. The van der Waals surface area contributed by atoms with Gasteiger partial charge in [0.2, 0.25) is 41.4 Å². The standard InChI is InChI=1S/C62H92N13O14P.Co/c1-29-20-39-40(21-30(29)2)75(28-70-39)57-52(84)53(41(27-76)87-57)89-90(85,86)88-31(3)26-69-49(83)18-19-59(8)37(22-46(66)80)56-62(11)61(10,25-48(68)82)36(14-17-45(65)79)51(74-62)33(5)55-60(9,24-47(67)81)34(12-15-43(63)77)38(71-55)23-42-58(6,7)35(13-16-44(64)78)50(72-42)32(4)54(59)73-56;/h20-21,23,28,31,34-38,41,50,52-53,55-57,76,84H,12-19,22,24-27H2,1-11H3,(H2,63,77)(H2,64,78)(H2,65,79)(H2,66,80)(H2,67,81)(H2,68,82)(H,69,83)(H,85,86);/q-4;/b42-23-,51-33-,54-32-;/t31-,34-,35-,36-,37+,38?,41-,50?,52-,53-,55?,56-,57+,59-,60+,61+,62+;/m1./s1. The number of rotatable bonds is 26. The van der Waals surface area contributed by atoms with Gasteiger partial charge in [-0.2, -0.15) is 17.1 Å². The van der Waals surface area contributed by atoms with Crippen molar-refractivity contribution in [2.45, 2.75) is 207 Å². The van der Waals surface area contributed by atoms with E-state index in [9.17, 15) is 53.2 Å². The largest absolute Gasteiger partial charge is 0.685 e. The topological polar surface area (TPSA) is 467 Å². The number of allylic oxidation sites excluding steroid dienone is 3. The summed E-state index contributed by atoms with van der Waals surface area (Å²) in [6, 6.07) is 0.469. The minimum absolute atomic E-state index is 0. The number of phosphoric ester groups is 1. The van der Waals surface area contributed by atoms with Crippen molar-refractivity contribution in [3.63, 3.8) is 0 Å². The molecule has 2 aromatic rings. The predicted molar refractivity (Wildman–Crippen MR) is 333 cm³/mol. The van der Waals surface area contributed by atoms with Crippen LogP contribution in [-0.4, -0.2) is 133 Å². The first-order chi connectivity index (χ1) is 41.8. The minimum Gasteiger partial charge on any atom is -0.685 e. The molecule has 91 heavy (non-hydrogen) atoms. The number of carbonyl (C=O) groups is 7. The summed E-state index contributed by atoms with van der Waals surface area (Å²) in [7, 11) is -5.06. The Morgan fingerprint density at radius 1 is 0.802 bits per heavy atom. The molecule has 4 unspecified atom stereocenters. The molecular weight excluding hydrogens is 1240 g/mol. The van der Waals surface area contributed by atoms with E-state index >= 15 is 0 Å². The van der Waals surface area contributed by atoms with Crippen molar-refractivity contribution in [3.8, 4) is 0 Å². The number of hydrogen-bond acceptors (Lipinski definition) is 14. The molecule has 7 amide bonds. The number of aliphatic hydroxyl groups is 2. The van der Waals surface area contributed by atoms with Gasteiger partial charge in [-0.3, -0.25) is 42.6 Å². The van der Waals surface area contributed by atoms with Gasteiger partial charge in [-0.15, -0.1) is 40.9 Å². The first-order valence-electron chi connectivity index (χ1n) is 30.9. The molecule has 5 fully saturated rings. The van der Waals surface area contributed by atoms with Crippen LogP contribution in [0.5, 0.6) is 0 Å². The Balaban J connectivity index is 0.0000118. The van der Waals surface area contributed by atoms with Crippen LogP contribution in [0, 0.1) is 59.2 Å². The third-order valence-electron chi connectivity index (χ3n) is 21.2. The maximum Gasteiger partial charge on any atom is 0.472 e. The molecule has 1 radical (unpaired) electrons. The van der Waals surface area contributed by atoms with Crippen molar-refractivity contribution in [2.24, 2.45) is 79.7 Å². The Bertz CT molecular complexity index is 3340. The second kappa shape index (κ2) is 27.2. The molecule has 507 valence electrons. The van der Waals surface area contributed by atoms with E-state index in [4.69, 9.17) is 69.5 Å². The molecule has 5 saturated heterocycles. The van der Waals surface area contributed by atoms with E-state index in [0.29, 0.717) is 39.3 Å². The number of imidazole rings is 1. The summed E-state index contributed by atoms with van der Waals surface area (Å²) in [6.07, 6.45) is -3.96. The summed E-state index contributed by atoms with van der Waals surface area (Å²) in [6.45, 7) is 19.5. The number of hydrogen-bond donors (Lipinski definition) is 10. The van der Waals surface area contributed by atoms with Crippen LogP contribution in [-0.2, 0) is 68.7 Å². The van der Waals surface area contributed by atoms with Gasteiger partial charge in [-0.1, -0.05) is 47.6 Å². The van der Waals surface area contributed by atoms with Crippen LogP contribution < -0.4 is 39.7 Å². The van der Waals surface area contributed by atoms with Crippen LogP contribution in [0.2, 0.25) is 0 Å². The number of nitrogens with two attached hydrogens (primary N) is 6. The monoisotopic (exact) mass is 1330 g/mol. The van der Waals surface area contributed by atoms with Crippen LogP contribution in [0.15, 0.2) is 52.8 Å². The number of aliphatic hydroxyl groups excluding tert-OH is 2. The van der Waals surface area contributed by atoms with Gasteiger partial charge in [0, 0.05) is 68.3 Å². The van der Waals surface area contributed by atoms with E-state index in [-0.39, 0.29) is 94.0 Å². The molecule has 27 nitrogen and oxygen atoms in total. The molecule has 0 spiro atoms. The van der Waals surface area contributed by atoms with Crippen LogP contribution >= 0.6 is 7.82 Å². The number of ether oxygens (including phenoxy) is 1. The van der Waals surface area contributed by atoms with Crippen molar-refractivity contribution in [1.82, 2.24) is 14.9 Å². The fraction of sp³-hybridized carbons (Fsp3) is 0.677. The molecule has 29 heteroatoms. The molecule has 0 aliphatic carbocycles. The van der Waals surface area contributed by atoms with Crippen molar-refractivity contribution in [3.05, 3.63) is 85.2 Å². The number of primary amides is 6. The smallest absolute Gasteiger partial charge is 0.472 e. The Kier molecular flexibility index (Phi) is 21.7. The minimum atomic E-state index is -5.06. The second-order valence-corrected chi connectivity index (χ2v) is 28.9. The van der Waals surface area contributed by atoms with E-state index in [0.717, 1.165) is 11.1 Å². The van der Waals surface area contributed by atoms with Gasteiger partial charge in [-0.25, -0.2) is 9.55 Å². The summed E-state index contributed by atoms with van der Waals surface area (Å²) in [5.41, 5.74) is 36.2. The molecule has 6 aliphatic rings. The van der Waals surface area contributed by atoms with Crippen molar-refractivity contribution >= 4 is 60.2 Å². The van der Waals surface area contributed by atoms with Gasteiger partial charge in [-0.05, 0) is 129 Å². The number of phosphoric acid groups is 1. The molecule has 1 aromatic heterocycles. The summed E-state index contributed by atoms with van der Waals surface area (Å²) in [4.78, 5) is 109. The molecule has 18 atom stereocenters. The Morgan fingerprint density at radius 2 is 1.41 bits per heavy atom. The van der Waals surface area contributed by atoms with Gasteiger partial charge in [0.05, 0.1) is 30.1 Å². The second-order valence-electron chi connectivity index (χ2n) is 27.6. The number of carbonyl (C=O) groups excluding carboxylic acids is 7. The summed E-state index contributed by atoms with van der Waals surface area (Å²) < 4.78 is 32.3. The van der Waals surface area contributed by atoms with Crippen LogP contribution in [0.4, 0.5) is 0 Å². The zero-order valence-corrected chi connectivity index (χ0v) is 55.7. The Hall–Kier alpha value is -5.94. The normalized spacial score (nSPS) is 36.3. The number of nitrogens with zero attached hydrogens (tertiary/aromatic N) is 6. The fourth-order valence-electron chi connectivity index (χ4n) is 16.1. The number of nitrogens with one attached hydrogen (secondary N) is 1. The van der Waals surface area contributed by atoms with Gasteiger partial charge in [0.1, 0.15) is 18.3 Å². The van der Waals surface area contributed by atoms with Gasteiger partial charge in [0.15, 0.2) is 6.23 Å². The van der Waals surface area contributed by atoms with Gasteiger partial charge >= 0.3 is 7.82 Å². The van der Waals surface area contributed by atoms with E-state index < -0.39 is 161 Å². The first kappa shape index (κ1) is 72.5. The number of aryl methyl sites for hydroxylation is 2. The molecule has 7 heterocycles. The Morgan fingerprint density at radius 3 is 2.00 bits per heavy atom. The summed E-state index contributed by atoms with van der Waals surface area (Å²) in [5, 5.41) is 46.9. The van der Waals surface area contributed by atoms with Crippen molar-refractivity contribution in [1.29, 1.82) is 0 Å². The molecule has 16 N–H and O–H groups in total. The zero-order chi connectivity index (χ0) is 66.7. The number of amides is 7. The summed E-state index contributed by atoms with van der Waals surface area (Å²) in [5.74, 6) is -6.91. The number of benzene rings is 1. The van der Waals surface area contributed by atoms with Gasteiger partial charge < -0.3 is 85.4 Å². The maximum atomic E-state index is 14.4. The van der Waals surface area contributed by atoms with E-state index in [2.05, 4.69) is 10.3 Å². The molecule has 8 bridgehead atoms. The Labute approximate surface area is 541 Å². The van der Waals surface area contributed by atoms with Crippen LogP contribution in [0.3, 0.4) is 0 Å². The molecule has 8 rings (SSSR count). The number of fused-ring (bicyclic) bond motifs is 10. The van der Waals surface area contributed by atoms with Crippen LogP contribution in [0.1, 0.15) is 150 Å². The van der Waals surface area contributed by atoms with E-state index in [1.807, 2.05) is 87.4 Å². The fourth-order valence-corrected chi connectivity index (χ4v) is 17.2. The molecule has 0 saturated carbocycles. The third kappa shape index (κ3) is 14.0. The quantitative estimate of drug-likeness (QED) is 0.0563. The molecular formula is C62H92CoN13O14P-4. The predicted octanol–water partition coefficient (Wildman–Crippen LogP) is 4.85. The third-order valence-corrected chi connectivity index (χ3v) is 22.3. The van der Waals surface area contributed by atoms with E-state index in [1.165, 1.54) is 13.3 Å². The first-order valence-corrected chi connectivity index (χ1v) is 32.4. The van der Waals surface area contributed by atoms with Crippen molar-refractivity contribution in [2.75, 3.05) is 13.2 Å². The SMILES string of the molecule is C/C1=C2/[N-][C@H]([C@H](CC(N)=O)[C@@]2(C)CCC(=O)NC[C@@H](C)OP(=O)(O)O[C@H]2[C@@H](O)[C@@H](n3cnc4cc(C)c(C)cc43)O[C@@H]2CO)[C@]2(C)[N-]/C(=C(/C)C3[N-]C(/C=C4\[N-]C1[C@@H](CCC(N)=O)C4(C)C)[C@@H](CCC(N)=O)[C@]3(C)CC(N)=O)[C@@H](CCC(N)=O)[C@]2(C)CC(N)=O.[Co]. The van der Waals surface area contributed by atoms with Crippen LogP contribution in [0.25, 0.3) is 32.3 Å². The van der Waals surface area contributed by atoms with E-state index in [1.54, 1.807) is 4.57 Å². The van der Waals surface area contributed by atoms with Gasteiger partial charge in [0.25, 0.3) is 0 Å². The molecule has 1 aromatic carbocycles. The maximum absolute atomic E-state index is 14.4. The van der Waals surface area contributed by atoms with Crippen molar-refractivity contribution < 1.29 is 83.8 Å². The average molecular weight is 1330 g/mol. The molecule has 6 aliphatic heterocycles.